The average molecular weight is 488 g/mol. The van der Waals surface area contributed by atoms with E-state index in [0.29, 0.717) is 23.7 Å². The molecular formula is C27H29N5O2S. The number of fused-ring (bicyclic) bond motifs is 2. The molecule has 0 saturated carbocycles. The number of benzene rings is 2. The highest BCUT2D eigenvalue weighted by atomic mass is 32.2. The maximum atomic E-state index is 14.1. The number of pyridine rings is 1. The normalized spacial score (nSPS) is 18.6. The lowest BCUT2D eigenvalue weighted by atomic mass is 9.99. The molecule has 5 rings (SSSR count). The summed E-state index contributed by atoms with van der Waals surface area (Å²) in [6, 6.07) is 13.7. The van der Waals surface area contributed by atoms with Crippen LogP contribution in [0.1, 0.15) is 25.0 Å². The summed E-state index contributed by atoms with van der Waals surface area (Å²) in [5.74, 6) is 1.60. The number of hydrogen-bond donors (Lipinski definition) is 2. The molecule has 7 nitrogen and oxygen atoms in total. The molecule has 2 aromatic carbocycles. The van der Waals surface area contributed by atoms with Gasteiger partial charge in [0, 0.05) is 54.2 Å². The predicted octanol–water partition coefficient (Wildman–Crippen LogP) is 4.83. The van der Waals surface area contributed by atoms with Crippen molar-refractivity contribution in [3.63, 3.8) is 0 Å². The smallest absolute Gasteiger partial charge is 0.264 e. The molecule has 3 heterocycles. The van der Waals surface area contributed by atoms with Gasteiger partial charge in [0.25, 0.3) is 5.56 Å². The van der Waals surface area contributed by atoms with E-state index in [0.717, 1.165) is 33.9 Å². The third-order valence-electron chi connectivity index (χ3n) is 6.31. The Balaban J connectivity index is 1.76. The van der Waals surface area contributed by atoms with Crippen molar-refractivity contribution in [1.29, 1.82) is 0 Å². The first-order valence-electron chi connectivity index (χ1n) is 11.6. The maximum Gasteiger partial charge on any atom is 0.264 e. The van der Waals surface area contributed by atoms with E-state index in [9.17, 15) is 4.79 Å². The van der Waals surface area contributed by atoms with Crippen LogP contribution >= 0.6 is 11.8 Å². The molecule has 35 heavy (non-hydrogen) atoms. The van der Waals surface area contributed by atoms with Gasteiger partial charge in [-0.3, -0.25) is 14.4 Å². The Labute approximate surface area is 209 Å². The molecule has 1 aromatic heterocycles. The Morgan fingerprint density at radius 2 is 2.09 bits per heavy atom. The van der Waals surface area contributed by atoms with Crippen LogP contribution in [-0.4, -0.2) is 43.1 Å². The zero-order chi connectivity index (χ0) is 24.7. The third kappa shape index (κ3) is 4.13. The molecule has 0 radical (unpaired) electrons. The molecule has 0 spiro atoms. The number of nitrogens with one attached hydrogen (secondary N) is 1. The van der Waals surface area contributed by atoms with Crippen LogP contribution in [0.15, 0.2) is 63.2 Å². The zero-order valence-corrected chi connectivity index (χ0v) is 21.1. The van der Waals surface area contributed by atoms with Crippen LogP contribution in [0, 0.1) is 0 Å². The van der Waals surface area contributed by atoms with Gasteiger partial charge in [-0.05, 0) is 61.9 Å². The first-order chi connectivity index (χ1) is 16.8. The minimum atomic E-state index is -0.715. The van der Waals surface area contributed by atoms with Crippen LogP contribution in [0.5, 0.6) is 0 Å². The number of ether oxygens (including phenoxy) is 1. The van der Waals surface area contributed by atoms with E-state index >= 15 is 0 Å². The number of nitrogens with zero attached hydrogens (tertiary/aromatic N) is 3. The first kappa shape index (κ1) is 23.3. The molecule has 1 atom stereocenters. The highest BCUT2D eigenvalue weighted by Gasteiger charge is 2.29. The molecule has 3 aromatic rings. The maximum absolute atomic E-state index is 14.1. The monoisotopic (exact) mass is 487 g/mol. The predicted molar refractivity (Wildman–Crippen MR) is 147 cm³/mol. The molecular weight excluding hydrogens is 458 g/mol. The highest BCUT2D eigenvalue weighted by molar-refractivity contribution is 7.99. The van der Waals surface area contributed by atoms with Gasteiger partial charge in [0.15, 0.2) is 5.72 Å². The Bertz CT molecular complexity index is 1430. The van der Waals surface area contributed by atoms with Gasteiger partial charge in [0.2, 0.25) is 0 Å². The van der Waals surface area contributed by atoms with Crippen molar-refractivity contribution in [3.05, 3.63) is 70.0 Å². The topological polar surface area (TPSA) is 84.9 Å². The Kier molecular flexibility index (Phi) is 5.94. The lowest BCUT2D eigenvalue weighted by Crippen LogP contribution is -2.40. The lowest BCUT2D eigenvalue weighted by Gasteiger charge is -2.34. The fourth-order valence-electron chi connectivity index (χ4n) is 4.55. The lowest BCUT2D eigenvalue weighted by molar-refractivity contribution is 0.0352. The summed E-state index contributed by atoms with van der Waals surface area (Å²) in [4.78, 5) is 21.6. The fourth-order valence-corrected chi connectivity index (χ4v) is 5.55. The van der Waals surface area contributed by atoms with Crippen LogP contribution in [-0.2, 0) is 4.74 Å². The van der Waals surface area contributed by atoms with E-state index in [1.54, 1.807) is 29.6 Å². The molecule has 2 aliphatic rings. The van der Waals surface area contributed by atoms with Gasteiger partial charge in [0.1, 0.15) is 5.82 Å². The molecule has 0 saturated heterocycles. The number of aromatic nitrogens is 1. The molecule has 0 amide bonds. The van der Waals surface area contributed by atoms with E-state index in [2.05, 4.69) is 34.4 Å². The van der Waals surface area contributed by atoms with Crippen LogP contribution in [0.2, 0.25) is 0 Å². The van der Waals surface area contributed by atoms with Gasteiger partial charge < -0.3 is 20.7 Å². The number of nitrogen functional groups attached to an aromatic ring is 1. The van der Waals surface area contributed by atoms with Crippen molar-refractivity contribution < 1.29 is 4.74 Å². The number of nitrogens with two attached hydrogens (primary N) is 1. The number of aliphatic imine (C=N–C) groups is 1. The molecule has 180 valence electrons. The van der Waals surface area contributed by atoms with Gasteiger partial charge in [0.05, 0.1) is 17.3 Å². The molecule has 0 bridgehead atoms. The summed E-state index contributed by atoms with van der Waals surface area (Å²) in [5, 5.41) is 3.47. The quantitative estimate of drug-likeness (QED) is 0.396. The van der Waals surface area contributed by atoms with Gasteiger partial charge in [-0.2, -0.15) is 0 Å². The second kappa shape index (κ2) is 8.94. The Morgan fingerprint density at radius 1 is 1.26 bits per heavy atom. The van der Waals surface area contributed by atoms with Crippen molar-refractivity contribution in [3.8, 4) is 16.8 Å². The van der Waals surface area contributed by atoms with E-state index in [1.807, 2.05) is 56.3 Å². The van der Waals surface area contributed by atoms with E-state index in [-0.39, 0.29) is 5.56 Å². The SMILES string of the molecule is CCO[C@@]1(C)C=Cc2cc(-c3ccc(N)c(C=NC)c3)c(=O)n(-c3ccc4c(c3)N(C)CS4)c2N1. The van der Waals surface area contributed by atoms with Gasteiger partial charge >= 0.3 is 0 Å². The molecule has 0 aliphatic carbocycles. The van der Waals surface area contributed by atoms with Crippen molar-refractivity contribution >= 4 is 41.2 Å². The first-order valence-corrected chi connectivity index (χ1v) is 12.5. The average Bonchev–Trinajstić information content (AvgIpc) is 3.20. The van der Waals surface area contributed by atoms with Crippen molar-refractivity contribution in [2.75, 3.05) is 42.5 Å². The summed E-state index contributed by atoms with van der Waals surface area (Å²) in [7, 11) is 3.77. The minimum Gasteiger partial charge on any atom is -0.398 e. The van der Waals surface area contributed by atoms with E-state index < -0.39 is 5.72 Å². The Hall–Kier alpha value is -3.49. The third-order valence-corrected chi connectivity index (χ3v) is 7.49. The zero-order valence-electron chi connectivity index (χ0n) is 20.3. The largest absolute Gasteiger partial charge is 0.398 e. The fraction of sp³-hybridized carbons (Fsp3) is 0.259. The second-order valence-corrected chi connectivity index (χ2v) is 9.84. The standard InChI is InChI=1S/C27H29N5O2S/c1-5-34-27(2)11-10-18-13-21(17-6-8-22(28)19(12-17)15-29-3)26(33)32(25(18)30-27)20-7-9-24-23(14-20)31(4)16-35-24/h6-15,30H,5,16,28H2,1-4H3/t27-/m0/s1. The van der Waals surface area contributed by atoms with Crippen molar-refractivity contribution in [2.24, 2.45) is 4.99 Å². The highest BCUT2D eigenvalue weighted by Crippen LogP contribution is 2.40. The number of hydrogen-bond acceptors (Lipinski definition) is 7. The van der Waals surface area contributed by atoms with Crippen molar-refractivity contribution in [2.45, 2.75) is 24.5 Å². The van der Waals surface area contributed by atoms with Crippen LogP contribution in [0.4, 0.5) is 17.2 Å². The molecule has 0 fully saturated rings. The van der Waals surface area contributed by atoms with Crippen LogP contribution in [0.3, 0.4) is 0 Å². The van der Waals surface area contributed by atoms with Gasteiger partial charge in [-0.25, -0.2) is 0 Å². The molecule has 8 heteroatoms. The van der Waals surface area contributed by atoms with Gasteiger partial charge in [-0.15, -0.1) is 11.8 Å². The van der Waals surface area contributed by atoms with Gasteiger partial charge in [-0.1, -0.05) is 12.1 Å². The summed E-state index contributed by atoms with van der Waals surface area (Å²) in [5.41, 5.74) is 10.9. The molecule has 2 aliphatic heterocycles. The summed E-state index contributed by atoms with van der Waals surface area (Å²) in [6.07, 6.45) is 5.71. The Morgan fingerprint density at radius 3 is 2.86 bits per heavy atom. The van der Waals surface area contributed by atoms with E-state index in [1.165, 1.54) is 4.90 Å². The summed E-state index contributed by atoms with van der Waals surface area (Å²) >= 11 is 1.79. The molecule has 0 unspecified atom stereocenters. The molecule has 3 N–H and O–H groups in total. The summed E-state index contributed by atoms with van der Waals surface area (Å²) in [6.45, 7) is 4.46. The number of thioether (sulfide) groups is 1. The number of rotatable bonds is 5. The van der Waals surface area contributed by atoms with Crippen molar-refractivity contribution in [1.82, 2.24) is 4.57 Å². The second-order valence-electron chi connectivity index (χ2n) is 8.86. The van der Waals surface area contributed by atoms with E-state index in [4.69, 9.17) is 10.5 Å². The minimum absolute atomic E-state index is 0.122. The number of anilines is 3. The summed E-state index contributed by atoms with van der Waals surface area (Å²) < 4.78 is 7.72. The van der Waals surface area contributed by atoms with Crippen LogP contribution in [0.25, 0.3) is 22.9 Å². The van der Waals surface area contributed by atoms with Crippen LogP contribution < -0.4 is 21.5 Å².